The largest absolute Gasteiger partial charge is 0.382 e. The van der Waals surface area contributed by atoms with Crippen LogP contribution < -0.4 is 0 Å². The highest BCUT2D eigenvalue weighted by molar-refractivity contribution is 6.18. The van der Waals surface area contributed by atoms with Crippen molar-refractivity contribution in [1.29, 1.82) is 0 Å². The summed E-state index contributed by atoms with van der Waals surface area (Å²) in [6.45, 7) is 2.00. The smallest absolute Gasteiger partial charge is 0.123 e. The summed E-state index contributed by atoms with van der Waals surface area (Å²) in [6, 6.07) is 6.49. The molecule has 0 aliphatic rings. The molecule has 0 N–H and O–H groups in total. The number of ether oxygens (including phenoxy) is 1. The van der Waals surface area contributed by atoms with Crippen LogP contribution in [0.3, 0.4) is 0 Å². The van der Waals surface area contributed by atoms with E-state index in [0.717, 1.165) is 12.0 Å². The standard InChI is InChI=1S/C12H16ClFO/c1-9(15-2)7-11(8-13)10-3-5-12(14)6-4-10/h3-6,9,11H,7-8H2,1-2H3. The van der Waals surface area contributed by atoms with Gasteiger partial charge in [-0.1, -0.05) is 12.1 Å². The fourth-order valence-electron chi connectivity index (χ4n) is 1.52. The van der Waals surface area contributed by atoms with Crippen LogP contribution in [0, 0.1) is 5.82 Å². The van der Waals surface area contributed by atoms with Crippen LogP contribution in [0.5, 0.6) is 0 Å². The van der Waals surface area contributed by atoms with Gasteiger partial charge in [-0.05, 0) is 37.0 Å². The van der Waals surface area contributed by atoms with Crippen LogP contribution in [0.4, 0.5) is 4.39 Å². The van der Waals surface area contributed by atoms with Crippen molar-refractivity contribution in [3.05, 3.63) is 35.6 Å². The monoisotopic (exact) mass is 230 g/mol. The molecular formula is C12H16ClFO. The molecule has 0 heterocycles. The van der Waals surface area contributed by atoms with Crippen molar-refractivity contribution < 1.29 is 9.13 Å². The Morgan fingerprint density at radius 3 is 2.40 bits per heavy atom. The van der Waals surface area contributed by atoms with Gasteiger partial charge in [0.05, 0.1) is 6.10 Å². The quantitative estimate of drug-likeness (QED) is 0.703. The van der Waals surface area contributed by atoms with E-state index >= 15 is 0 Å². The average molecular weight is 231 g/mol. The number of rotatable bonds is 5. The molecule has 2 atom stereocenters. The Bertz CT molecular complexity index is 286. The molecule has 0 fully saturated rings. The lowest BCUT2D eigenvalue weighted by Gasteiger charge is -2.18. The number of hydrogen-bond acceptors (Lipinski definition) is 1. The third-order valence-electron chi connectivity index (χ3n) is 2.55. The first-order chi connectivity index (χ1) is 7.17. The summed E-state index contributed by atoms with van der Waals surface area (Å²) in [5.41, 5.74) is 1.07. The van der Waals surface area contributed by atoms with Crippen molar-refractivity contribution in [3.63, 3.8) is 0 Å². The molecular weight excluding hydrogens is 215 g/mol. The third-order valence-corrected chi connectivity index (χ3v) is 2.92. The van der Waals surface area contributed by atoms with Gasteiger partial charge in [0, 0.05) is 13.0 Å². The van der Waals surface area contributed by atoms with E-state index in [2.05, 4.69) is 0 Å². The van der Waals surface area contributed by atoms with Gasteiger partial charge in [0.2, 0.25) is 0 Å². The highest BCUT2D eigenvalue weighted by Crippen LogP contribution is 2.23. The van der Waals surface area contributed by atoms with Crippen molar-refractivity contribution in [2.24, 2.45) is 0 Å². The molecule has 1 aromatic rings. The minimum Gasteiger partial charge on any atom is -0.382 e. The summed E-state index contributed by atoms with van der Waals surface area (Å²) in [5, 5.41) is 0. The van der Waals surface area contributed by atoms with E-state index in [-0.39, 0.29) is 17.8 Å². The lowest BCUT2D eigenvalue weighted by atomic mass is 9.95. The molecule has 84 valence electrons. The molecule has 0 spiro atoms. The molecule has 0 aromatic heterocycles. The number of methoxy groups -OCH3 is 1. The van der Waals surface area contributed by atoms with Gasteiger partial charge in [0.1, 0.15) is 5.82 Å². The van der Waals surface area contributed by atoms with Gasteiger partial charge in [-0.2, -0.15) is 0 Å². The van der Waals surface area contributed by atoms with Crippen LogP contribution >= 0.6 is 11.6 Å². The molecule has 1 nitrogen and oxygen atoms in total. The van der Waals surface area contributed by atoms with Crippen molar-refractivity contribution in [2.75, 3.05) is 13.0 Å². The maximum atomic E-state index is 12.7. The van der Waals surface area contributed by atoms with Crippen molar-refractivity contribution in [3.8, 4) is 0 Å². The predicted molar refractivity (Wildman–Crippen MR) is 60.9 cm³/mol. The van der Waals surface area contributed by atoms with E-state index < -0.39 is 0 Å². The van der Waals surface area contributed by atoms with Crippen LogP contribution in [-0.4, -0.2) is 19.1 Å². The molecule has 0 saturated heterocycles. The molecule has 0 amide bonds. The van der Waals surface area contributed by atoms with Crippen molar-refractivity contribution >= 4 is 11.6 Å². The maximum Gasteiger partial charge on any atom is 0.123 e. The lowest BCUT2D eigenvalue weighted by molar-refractivity contribution is 0.106. The van der Waals surface area contributed by atoms with Crippen LogP contribution in [0.25, 0.3) is 0 Å². The van der Waals surface area contributed by atoms with Gasteiger partial charge in [-0.15, -0.1) is 11.6 Å². The van der Waals surface area contributed by atoms with E-state index in [4.69, 9.17) is 16.3 Å². The zero-order valence-electron chi connectivity index (χ0n) is 9.04. The summed E-state index contributed by atoms with van der Waals surface area (Å²) >= 11 is 5.89. The normalized spacial score (nSPS) is 14.9. The molecule has 0 aliphatic carbocycles. The highest BCUT2D eigenvalue weighted by atomic mass is 35.5. The first-order valence-electron chi connectivity index (χ1n) is 5.01. The number of halogens is 2. The van der Waals surface area contributed by atoms with Gasteiger partial charge in [-0.25, -0.2) is 4.39 Å². The second-order valence-electron chi connectivity index (χ2n) is 3.68. The van der Waals surface area contributed by atoms with E-state index in [0.29, 0.717) is 5.88 Å². The van der Waals surface area contributed by atoms with E-state index in [9.17, 15) is 4.39 Å². The average Bonchev–Trinajstić information content (AvgIpc) is 2.27. The Balaban J connectivity index is 2.69. The zero-order valence-corrected chi connectivity index (χ0v) is 9.80. The molecule has 2 unspecified atom stereocenters. The number of hydrogen-bond donors (Lipinski definition) is 0. The molecule has 1 aromatic carbocycles. The van der Waals surface area contributed by atoms with E-state index in [1.54, 1.807) is 19.2 Å². The third kappa shape index (κ3) is 3.80. The maximum absolute atomic E-state index is 12.7. The van der Waals surface area contributed by atoms with Crippen LogP contribution in [0.15, 0.2) is 24.3 Å². The highest BCUT2D eigenvalue weighted by Gasteiger charge is 2.14. The van der Waals surface area contributed by atoms with Crippen LogP contribution in [-0.2, 0) is 4.74 Å². The van der Waals surface area contributed by atoms with Gasteiger partial charge in [0.25, 0.3) is 0 Å². The van der Waals surface area contributed by atoms with E-state index in [1.165, 1.54) is 12.1 Å². The molecule has 0 bridgehead atoms. The fraction of sp³-hybridized carbons (Fsp3) is 0.500. The molecule has 15 heavy (non-hydrogen) atoms. The lowest BCUT2D eigenvalue weighted by Crippen LogP contribution is -2.12. The summed E-state index contributed by atoms with van der Waals surface area (Å²) in [6.07, 6.45) is 1.02. The Morgan fingerprint density at radius 1 is 1.33 bits per heavy atom. The van der Waals surface area contributed by atoms with Crippen molar-refractivity contribution in [2.45, 2.75) is 25.4 Å². The Labute approximate surface area is 95.2 Å². The summed E-state index contributed by atoms with van der Waals surface area (Å²) in [5.74, 6) is 0.536. The first kappa shape index (κ1) is 12.5. The number of benzene rings is 1. The van der Waals surface area contributed by atoms with Gasteiger partial charge >= 0.3 is 0 Å². The molecule has 0 radical (unpaired) electrons. The molecule has 3 heteroatoms. The second-order valence-corrected chi connectivity index (χ2v) is 3.99. The molecule has 0 saturated carbocycles. The summed E-state index contributed by atoms with van der Waals surface area (Å²) < 4.78 is 17.9. The Kier molecular flexibility index (Phi) is 5.06. The van der Waals surface area contributed by atoms with Crippen LogP contribution in [0.2, 0.25) is 0 Å². The molecule has 0 aliphatic heterocycles. The van der Waals surface area contributed by atoms with Gasteiger partial charge < -0.3 is 4.74 Å². The summed E-state index contributed by atoms with van der Waals surface area (Å²) in [4.78, 5) is 0. The Hall–Kier alpha value is -0.600. The second kappa shape index (κ2) is 6.09. The fourth-order valence-corrected chi connectivity index (χ4v) is 1.82. The van der Waals surface area contributed by atoms with Gasteiger partial charge in [-0.3, -0.25) is 0 Å². The summed E-state index contributed by atoms with van der Waals surface area (Å²) in [7, 11) is 1.68. The Morgan fingerprint density at radius 2 is 1.93 bits per heavy atom. The first-order valence-corrected chi connectivity index (χ1v) is 5.55. The van der Waals surface area contributed by atoms with Crippen LogP contribution in [0.1, 0.15) is 24.8 Å². The SMILES string of the molecule is COC(C)CC(CCl)c1ccc(F)cc1. The minimum atomic E-state index is -0.216. The van der Waals surface area contributed by atoms with Gasteiger partial charge in [0.15, 0.2) is 0 Å². The minimum absolute atomic E-state index is 0.166. The number of alkyl halides is 1. The predicted octanol–water partition coefficient (Wildman–Crippen LogP) is 3.57. The zero-order chi connectivity index (χ0) is 11.3. The van der Waals surface area contributed by atoms with Crippen molar-refractivity contribution in [1.82, 2.24) is 0 Å². The van der Waals surface area contributed by atoms with E-state index in [1.807, 2.05) is 6.92 Å². The molecule has 1 rings (SSSR count). The topological polar surface area (TPSA) is 9.23 Å².